The zero-order valence-corrected chi connectivity index (χ0v) is 26.0. The highest BCUT2D eigenvalue weighted by molar-refractivity contribution is 6.39. The maximum absolute atomic E-state index is 13.1. The fourth-order valence-electron chi connectivity index (χ4n) is 5.35. The molecule has 0 saturated carbocycles. The summed E-state index contributed by atoms with van der Waals surface area (Å²) >= 11 is 13.7. The van der Waals surface area contributed by atoms with E-state index in [-0.39, 0.29) is 23.5 Å². The molecule has 1 aromatic heterocycles. The van der Waals surface area contributed by atoms with Gasteiger partial charge in [-0.2, -0.15) is 0 Å². The van der Waals surface area contributed by atoms with Gasteiger partial charge in [-0.1, -0.05) is 59.6 Å². The number of hydrogen-bond acceptors (Lipinski definition) is 7. The van der Waals surface area contributed by atoms with Crippen LogP contribution in [0.15, 0.2) is 48.5 Å². The number of nitrogens with one attached hydrogen (secondary N) is 3. The Kier molecular flexibility index (Phi) is 9.38. The Hall–Kier alpha value is -4.19. The standard InChI is InChI=1S/C31H32Cl2N6O5/c1-38-16-22(30(42)39(2)31(38)43)28(41)36-24-9-5-7-20(27(24)33)19-6-4-8-21(26(19)32)23-12-10-17(29(37-23)44-3)14-34-15-18-11-13-25(40)35-18/h4-10,12,18,22,34H,11,13-16H2,1-3H3,(H,35,40)(H,36,41)/t18-,22?/m0/s1. The Bertz CT molecular complexity index is 1630. The first kappa shape index (κ1) is 31.2. The molecule has 2 aromatic carbocycles. The van der Waals surface area contributed by atoms with E-state index in [1.54, 1.807) is 25.3 Å². The van der Waals surface area contributed by atoms with Gasteiger partial charge in [0.25, 0.3) is 0 Å². The molecule has 0 bridgehead atoms. The summed E-state index contributed by atoms with van der Waals surface area (Å²) < 4.78 is 5.58. The zero-order valence-electron chi connectivity index (χ0n) is 24.4. The van der Waals surface area contributed by atoms with Crippen molar-refractivity contribution in [1.29, 1.82) is 0 Å². The van der Waals surface area contributed by atoms with Gasteiger partial charge in [-0.15, -0.1) is 0 Å². The van der Waals surface area contributed by atoms with E-state index in [4.69, 9.17) is 32.9 Å². The van der Waals surface area contributed by atoms with Crippen molar-refractivity contribution < 1.29 is 23.9 Å². The molecule has 230 valence electrons. The third kappa shape index (κ3) is 6.35. The molecule has 2 aliphatic rings. The maximum Gasteiger partial charge on any atom is 0.326 e. The molecule has 2 saturated heterocycles. The fraction of sp³-hybridized carbons (Fsp3) is 0.323. The van der Waals surface area contributed by atoms with E-state index in [1.165, 1.54) is 19.0 Å². The van der Waals surface area contributed by atoms with Gasteiger partial charge in [0, 0.05) is 68.4 Å². The molecule has 2 atom stereocenters. The minimum absolute atomic E-state index is 0.0386. The number of pyridine rings is 1. The summed E-state index contributed by atoms with van der Waals surface area (Å²) in [5.74, 6) is -1.70. The van der Waals surface area contributed by atoms with Crippen LogP contribution in [-0.4, -0.2) is 78.9 Å². The van der Waals surface area contributed by atoms with Gasteiger partial charge < -0.3 is 25.6 Å². The quantitative estimate of drug-likeness (QED) is 0.300. The van der Waals surface area contributed by atoms with Gasteiger partial charge in [0.1, 0.15) is 5.92 Å². The number of rotatable bonds is 9. The van der Waals surface area contributed by atoms with E-state index in [9.17, 15) is 19.2 Å². The molecule has 0 spiro atoms. The maximum atomic E-state index is 13.1. The van der Waals surface area contributed by atoms with Crippen LogP contribution < -0.4 is 20.7 Å². The molecule has 2 aliphatic heterocycles. The number of ether oxygens (including phenoxy) is 1. The van der Waals surface area contributed by atoms with Gasteiger partial charge in [-0.05, 0) is 18.6 Å². The van der Waals surface area contributed by atoms with E-state index in [0.717, 1.165) is 16.9 Å². The summed E-state index contributed by atoms with van der Waals surface area (Å²) in [7, 11) is 4.43. The highest BCUT2D eigenvalue weighted by Gasteiger charge is 2.39. The molecule has 2 fully saturated rings. The highest BCUT2D eigenvalue weighted by atomic mass is 35.5. The number of nitrogens with zero attached hydrogens (tertiary/aromatic N) is 3. The van der Waals surface area contributed by atoms with Crippen LogP contribution in [0.1, 0.15) is 18.4 Å². The summed E-state index contributed by atoms with van der Waals surface area (Å²) in [6, 6.07) is 14.1. The summed E-state index contributed by atoms with van der Waals surface area (Å²) in [5, 5.41) is 9.68. The van der Waals surface area contributed by atoms with Crippen LogP contribution in [0.2, 0.25) is 10.0 Å². The Morgan fingerprint density at radius 3 is 2.43 bits per heavy atom. The van der Waals surface area contributed by atoms with Gasteiger partial charge in [-0.25, -0.2) is 9.78 Å². The predicted octanol–water partition coefficient (Wildman–Crippen LogP) is 4.18. The minimum Gasteiger partial charge on any atom is -0.481 e. The Morgan fingerprint density at radius 1 is 1.02 bits per heavy atom. The van der Waals surface area contributed by atoms with Gasteiger partial charge in [0.2, 0.25) is 23.6 Å². The third-order valence-electron chi connectivity index (χ3n) is 7.76. The van der Waals surface area contributed by atoms with Crippen molar-refractivity contribution in [3.05, 3.63) is 64.1 Å². The first-order valence-electron chi connectivity index (χ1n) is 14.0. The topological polar surface area (TPSA) is 133 Å². The average Bonchev–Trinajstić information content (AvgIpc) is 3.44. The number of aromatic nitrogens is 1. The fourth-order valence-corrected chi connectivity index (χ4v) is 5.95. The van der Waals surface area contributed by atoms with E-state index in [2.05, 4.69) is 16.0 Å². The van der Waals surface area contributed by atoms with Crippen molar-refractivity contribution in [2.45, 2.75) is 25.4 Å². The monoisotopic (exact) mass is 638 g/mol. The van der Waals surface area contributed by atoms with Gasteiger partial charge >= 0.3 is 6.03 Å². The number of urea groups is 1. The first-order valence-corrected chi connectivity index (χ1v) is 14.8. The molecule has 3 N–H and O–H groups in total. The van der Waals surface area contributed by atoms with Gasteiger partial charge in [0.05, 0.1) is 28.5 Å². The molecule has 0 radical (unpaired) electrons. The first-order chi connectivity index (χ1) is 21.1. The lowest BCUT2D eigenvalue weighted by Gasteiger charge is -2.33. The highest BCUT2D eigenvalue weighted by Crippen LogP contribution is 2.41. The molecule has 3 heterocycles. The third-order valence-corrected chi connectivity index (χ3v) is 8.57. The molecule has 44 heavy (non-hydrogen) atoms. The number of carbonyl (C=O) groups is 4. The van der Waals surface area contributed by atoms with E-state index < -0.39 is 23.8 Å². The lowest BCUT2D eigenvalue weighted by molar-refractivity contribution is -0.140. The molecule has 3 aromatic rings. The number of carbonyl (C=O) groups excluding carboxylic acids is 4. The molecule has 1 unspecified atom stereocenters. The van der Waals surface area contributed by atoms with Crippen LogP contribution in [0.3, 0.4) is 0 Å². The molecule has 11 nitrogen and oxygen atoms in total. The van der Waals surface area contributed by atoms with Gasteiger partial charge in [-0.3, -0.25) is 19.3 Å². The van der Waals surface area contributed by atoms with Crippen LogP contribution >= 0.6 is 23.2 Å². The zero-order chi connectivity index (χ0) is 31.5. The number of imide groups is 1. The largest absolute Gasteiger partial charge is 0.481 e. The molecule has 13 heteroatoms. The molecular weight excluding hydrogens is 607 g/mol. The smallest absolute Gasteiger partial charge is 0.326 e. The van der Waals surface area contributed by atoms with Crippen LogP contribution in [-0.2, 0) is 20.9 Å². The van der Waals surface area contributed by atoms with Crippen LogP contribution in [0, 0.1) is 5.92 Å². The lowest BCUT2D eigenvalue weighted by atomic mass is 9.99. The van der Waals surface area contributed by atoms with E-state index in [1.807, 2.05) is 30.3 Å². The molecular formula is C31H32Cl2N6O5. The van der Waals surface area contributed by atoms with Crippen molar-refractivity contribution in [3.63, 3.8) is 0 Å². The summed E-state index contributed by atoms with van der Waals surface area (Å²) in [6.07, 6.45) is 1.36. The normalized spacial score (nSPS) is 18.4. The predicted molar refractivity (Wildman–Crippen MR) is 167 cm³/mol. The Labute approximate surface area is 264 Å². The Morgan fingerprint density at radius 2 is 1.73 bits per heavy atom. The molecule has 0 aliphatic carbocycles. The van der Waals surface area contributed by atoms with Crippen molar-refractivity contribution >= 4 is 52.6 Å². The van der Waals surface area contributed by atoms with Crippen LogP contribution in [0.4, 0.5) is 10.5 Å². The Balaban J connectivity index is 1.35. The van der Waals surface area contributed by atoms with Crippen molar-refractivity contribution in [2.75, 3.05) is 39.6 Å². The number of hydrogen-bond donors (Lipinski definition) is 3. The summed E-state index contributed by atoms with van der Waals surface area (Å²) in [6.45, 7) is 1.12. The van der Waals surface area contributed by atoms with E-state index >= 15 is 0 Å². The second kappa shape index (κ2) is 13.2. The number of anilines is 1. The van der Waals surface area contributed by atoms with Crippen LogP contribution in [0.5, 0.6) is 5.88 Å². The number of benzene rings is 2. The molecule has 5 amide bonds. The summed E-state index contributed by atoms with van der Waals surface area (Å²) in [4.78, 5) is 56.2. The molecule has 5 rings (SSSR count). The SMILES string of the molecule is COc1nc(-c2cccc(-c3cccc(NC(=O)C4CN(C)C(=O)N(C)C4=O)c3Cl)c2Cl)ccc1CNC[C@@H]1CCC(=O)N1. The van der Waals surface area contributed by atoms with Gasteiger partial charge in [0.15, 0.2) is 0 Å². The second-order valence-electron chi connectivity index (χ2n) is 10.7. The van der Waals surface area contributed by atoms with Crippen LogP contribution in [0.25, 0.3) is 22.4 Å². The summed E-state index contributed by atoms with van der Waals surface area (Å²) in [5.41, 5.74) is 3.61. The minimum atomic E-state index is -1.07. The number of methoxy groups -OCH3 is 1. The number of halogens is 2. The van der Waals surface area contributed by atoms with Crippen molar-refractivity contribution in [3.8, 4) is 28.3 Å². The second-order valence-corrected chi connectivity index (χ2v) is 11.5. The number of amides is 5. The van der Waals surface area contributed by atoms with Crippen molar-refractivity contribution in [2.24, 2.45) is 5.92 Å². The van der Waals surface area contributed by atoms with E-state index in [0.29, 0.717) is 58.5 Å². The average molecular weight is 640 g/mol. The van der Waals surface area contributed by atoms with Crippen molar-refractivity contribution in [1.82, 2.24) is 25.4 Å². The lowest BCUT2D eigenvalue weighted by Crippen LogP contribution is -2.56.